The van der Waals surface area contributed by atoms with Crippen LogP contribution in [-0.2, 0) is 10.2 Å². The van der Waals surface area contributed by atoms with Crippen LogP contribution in [-0.4, -0.2) is 24.7 Å². The first kappa shape index (κ1) is 14.5. The second-order valence-corrected chi connectivity index (χ2v) is 5.25. The Morgan fingerprint density at radius 2 is 1.82 bits per heavy atom. The third kappa shape index (κ3) is 2.49. The average molecular weight is 262 g/mol. The predicted molar refractivity (Wildman–Crippen MR) is 59.7 cm³/mol. The first-order valence-electron chi connectivity index (χ1n) is 4.84. The summed E-state index contributed by atoms with van der Waals surface area (Å²) in [5, 5.41) is 0. The summed E-state index contributed by atoms with van der Waals surface area (Å²) in [6, 6.07) is 5.99. The van der Waals surface area contributed by atoms with Gasteiger partial charge in [0.2, 0.25) is 0 Å². The van der Waals surface area contributed by atoms with Gasteiger partial charge in [0.15, 0.2) is 10.2 Å². The Labute approximate surface area is 123 Å². The number of hydrogen-bond acceptors (Lipinski definition) is 3. The van der Waals surface area contributed by atoms with Gasteiger partial charge >= 0.3 is 29.6 Å². The minimum atomic E-state index is -3.88. The molecule has 0 bridgehead atoms. The third-order valence-corrected chi connectivity index (χ3v) is 3.78. The van der Waals surface area contributed by atoms with Gasteiger partial charge in [-0.15, -0.1) is 5.69 Å². The number of amides is 1. The second-order valence-electron chi connectivity index (χ2n) is 3.78. The molecule has 0 N–H and O–H groups in total. The zero-order valence-electron chi connectivity index (χ0n) is 9.91. The Hall–Kier alpha value is -0.560. The molecule has 1 aliphatic heterocycles. The van der Waals surface area contributed by atoms with Crippen LogP contribution in [0.25, 0.3) is 4.72 Å². The van der Waals surface area contributed by atoms with E-state index in [1.165, 1.54) is 6.07 Å². The monoisotopic (exact) mass is 262 g/mol. The van der Waals surface area contributed by atoms with Gasteiger partial charge in [0, 0.05) is 11.6 Å². The van der Waals surface area contributed by atoms with Crippen LogP contribution in [0.3, 0.4) is 0 Å². The van der Waals surface area contributed by atoms with Crippen LogP contribution in [0.4, 0.5) is 5.69 Å². The molecule has 0 fully saturated rings. The van der Waals surface area contributed by atoms with Crippen molar-refractivity contribution in [1.82, 2.24) is 4.31 Å². The largest absolute Gasteiger partial charge is 1.00 e. The molecule has 5 nitrogen and oxygen atoms in total. The fourth-order valence-electron chi connectivity index (χ4n) is 1.63. The van der Waals surface area contributed by atoms with Crippen LogP contribution in [0.15, 0.2) is 24.3 Å². The number of carbonyl (C=O) groups excluding carboxylic acids is 1. The Bertz CT molecular complexity index is 542. The molecule has 86 valence electrons. The zero-order valence-corrected chi connectivity index (χ0v) is 12.7. The molecule has 0 saturated carbocycles. The molecule has 0 spiro atoms. The fraction of sp³-hybridized carbons (Fsp3) is 0.300. The molecule has 2 rings (SSSR count). The van der Waals surface area contributed by atoms with Crippen LogP contribution < -0.4 is 29.6 Å². The summed E-state index contributed by atoms with van der Waals surface area (Å²) in [5.74, 6) is -0.513. The molecule has 1 aromatic rings. The van der Waals surface area contributed by atoms with Crippen LogP contribution in [0.2, 0.25) is 0 Å². The maximum absolute atomic E-state index is 12.0. The Morgan fingerprint density at radius 3 is 2.41 bits per heavy atom. The van der Waals surface area contributed by atoms with E-state index in [1.807, 2.05) is 0 Å². The molecule has 0 radical (unpaired) electrons. The molecule has 1 aliphatic rings. The van der Waals surface area contributed by atoms with Crippen molar-refractivity contribution in [1.29, 1.82) is 0 Å². The smallest absolute Gasteiger partial charge is 0.558 e. The molecule has 0 aliphatic carbocycles. The summed E-state index contributed by atoms with van der Waals surface area (Å²) >= 11 is 0. The minimum Gasteiger partial charge on any atom is -0.558 e. The van der Waals surface area contributed by atoms with Gasteiger partial charge in [0.1, 0.15) is 0 Å². The summed E-state index contributed by atoms with van der Waals surface area (Å²) in [6.07, 6.45) is 0. The Balaban J connectivity index is 0.00000144. The van der Waals surface area contributed by atoms with Crippen molar-refractivity contribution in [2.75, 3.05) is 0 Å². The Morgan fingerprint density at radius 1 is 1.24 bits per heavy atom. The Kier molecular flexibility index (Phi) is 4.24. The third-order valence-electron chi connectivity index (χ3n) is 2.27. The van der Waals surface area contributed by atoms with Gasteiger partial charge in [-0.3, -0.25) is 4.79 Å². The summed E-state index contributed by atoms with van der Waals surface area (Å²) in [7, 11) is -3.88. The number of carbonyl (C=O) groups is 1. The van der Waals surface area contributed by atoms with Crippen LogP contribution in [0, 0.1) is 0 Å². The van der Waals surface area contributed by atoms with E-state index in [2.05, 4.69) is 4.72 Å². The molecule has 1 aromatic carbocycles. The van der Waals surface area contributed by atoms with Gasteiger partial charge < -0.3 is 4.72 Å². The molecule has 0 aromatic heterocycles. The number of hydrogen-bond donors (Lipinski definition) is 0. The van der Waals surface area contributed by atoms with Crippen molar-refractivity contribution in [3.05, 3.63) is 34.6 Å². The van der Waals surface area contributed by atoms with Crippen molar-refractivity contribution < 1.29 is 42.8 Å². The zero-order chi connectivity index (χ0) is 11.9. The molecule has 0 saturated heterocycles. The van der Waals surface area contributed by atoms with Gasteiger partial charge in [-0.1, -0.05) is 24.3 Å². The van der Waals surface area contributed by atoms with E-state index in [0.717, 1.165) is 4.31 Å². The molecule has 0 unspecified atom stereocenters. The van der Waals surface area contributed by atoms with E-state index in [4.69, 9.17) is 0 Å². The molecule has 0 atom stereocenters. The van der Waals surface area contributed by atoms with Gasteiger partial charge in [-0.2, -0.15) is 0 Å². The molecule has 1 heterocycles. The van der Waals surface area contributed by atoms with E-state index >= 15 is 0 Å². The van der Waals surface area contributed by atoms with Crippen molar-refractivity contribution in [2.45, 2.75) is 19.9 Å². The number of rotatable bonds is 1. The maximum Gasteiger partial charge on any atom is 1.00 e. The van der Waals surface area contributed by atoms with E-state index in [-0.39, 0.29) is 35.2 Å². The topological polar surface area (TPSA) is 68.6 Å². The first-order chi connectivity index (χ1) is 7.43. The summed E-state index contributed by atoms with van der Waals surface area (Å²) in [4.78, 5) is 12.0. The first-order valence-corrected chi connectivity index (χ1v) is 6.24. The normalized spacial score (nSPS) is 17.1. The van der Waals surface area contributed by atoms with Gasteiger partial charge in [-0.05, 0) is 13.8 Å². The van der Waals surface area contributed by atoms with Gasteiger partial charge in [-0.25, -0.2) is 12.7 Å². The molecule has 1 amide bonds. The molecule has 7 heteroatoms. The number of fused-ring (bicyclic) bond motifs is 1. The summed E-state index contributed by atoms with van der Waals surface area (Å²) in [6.45, 7) is 3.28. The summed E-state index contributed by atoms with van der Waals surface area (Å²) < 4.78 is 27.9. The molecule has 17 heavy (non-hydrogen) atoms. The molecular weight excluding hydrogens is 251 g/mol. The SMILES string of the molecule is CC(C)N1C(=O)c2ccccc2[N-]S1(=O)=O.[Na+]. The van der Waals surface area contributed by atoms with Crippen molar-refractivity contribution in [2.24, 2.45) is 0 Å². The average Bonchev–Trinajstić information content (AvgIpc) is 2.15. The van der Waals surface area contributed by atoms with Gasteiger partial charge in [0.05, 0.1) is 0 Å². The fourth-order valence-corrected chi connectivity index (χ4v) is 2.96. The number of nitrogens with zero attached hydrogens (tertiary/aromatic N) is 2. The maximum atomic E-state index is 12.0. The standard InChI is InChI=1S/C10H12N2O3S.Na/c1-7(2)12-10(13)8-5-3-4-6-9(8)11-16(12,14)15;/h3-7H,1-2H3,(H,11,13);/q;+1/p-1. The van der Waals surface area contributed by atoms with Crippen LogP contribution in [0.1, 0.15) is 24.2 Å². The van der Waals surface area contributed by atoms with Crippen molar-refractivity contribution >= 4 is 21.8 Å². The predicted octanol–water partition coefficient (Wildman–Crippen LogP) is -1.20. The van der Waals surface area contributed by atoms with Crippen molar-refractivity contribution in [3.63, 3.8) is 0 Å². The van der Waals surface area contributed by atoms with Crippen molar-refractivity contribution in [3.8, 4) is 0 Å². The molecular formula is C10H11N2NaO3S. The van der Waals surface area contributed by atoms with Crippen LogP contribution in [0.5, 0.6) is 0 Å². The van der Waals surface area contributed by atoms with Gasteiger partial charge in [0.25, 0.3) is 5.91 Å². The summed E-state index contributed by atoms with van der Waals surface area (Å²) in [5.41, 5.74) is 0.537. The van der Waals surface area contributed by atoms with E-state index in [0.29, 0.717) is 5.56 Å². The van der Waals surface area contributed by atoms with E-state index < -0.39 is 22.2 Å². The van der Waals surface area contributed by atoms with E-state index in [9.17, 15) is 13.2 Å². The van der Waals surface area contributed by atoms with Crippen LogP contribution >= 0.6 is 0 Å². The number of benzene rings is 1. The van der Waals surface area contributed by atoms with E-state index in [1.54, 1.807) is 32.0 Å². The quantitative estimate of drug-likeness (QED) is 0.597. The second kappa shape index (κ2) is 4.97. The minimum absolute atomic E-state index is 0.